The highest BCUT2D eigenvalue weighted by molar-refractivity contribution is 14.1. The van der Waals surface area contributed by atoms with E-state index in [1.165, 1.54) is 4.90 Å². The van der Waals surface area contributed by atoms with Crippen molar-refractivity contribution in [3.8, 4) is 0 Å². The molecule has 18 heavy (non-hydrogen) atoms. The lowest BCUT2D eigenvalue weighted by atomic mass is 10.2. The van der Waals surface area contributed by atoms with Crippen LogP contribution in [0.3, 0.4) is 0 Å². The Labute approximate surface area is 128 Å². The molecule has 1 rings (SSSR count). The van der Waals surface area contributed by atoms with Crippen molar-refractivity contribution in [3.05, 3.63) is 31.8 Å². The van der Waals surface area contributed by atoms with Crippen LogP contribution in [0.5, 0.6) is 0 Å². The zero-order valence-corrected chi connectivity index (χ0v) is 13.6. The number of hydrogen-bond acceptors (Lipinski definition) is 2. The summed E-state index contributed by atoms with van der Waals surface area (Å²) in [5, 5.41) is 8.66. The second kappa shape index (κ2) is 7.08. The van der Waals surface area contributed by atoms with E-state index in [1.54, 1.807) is 6.07 Å². The molecule has 98 valence electrons. The number of carboxylic acids is 1. The summed E-state index contributed by atoms with van der Waals surface area (Å²) in [6, 6.07) is 5.51. The van der Waals surface area contributed by atoms with Crippen LogP contribution >= 0.6 is 38.5 Å². The first kappa shape index (κ1) is 15.4. The molecule has 1 aromatic rings. The fraction of sp³-hybridized carbons (Fsp3) is 0.333. The minimum Gasteiger partial charge on any atom is -0.481 e. The van der Waals surface area contributed by atoms with Gasteiger partial charge in [0.25, 0.3) is 5.91 Å². The average Bonchev–Trinajstić information content (AvgIpc) is 2.32. The number of amides is 1. The minimum atomic E-state index is -0.900. The maximum absolute atomic E-state index is 12.3. The van der Waals surface area contributed by atoms with Crippen molar-refractivity contribution in [3.63, 3.8) is 0 Å². The molecule has 0 atom stereocenters. The van der Waals surface area contributed by atoms with Gasteiger partial charge in [-0.05, 0) is 63.6 Å². The smallest absolute Gasteiger partial charge is 0.305 e. The summed E-state index contributed by atoms with van der Waals surface area (Å²) in [6.07, 6.45) is -0.0406. The molecule has 0 unspecified atom stereocenters. The van der Waals surface area contributed by atoms with Crippen LogP contribution in [-0.4, -0.2) is 35.0 Å². The van der Waals surface area contributed by atoms with Gasteiger partial charge in [-0.25, -0.2) is 0 Å². The van der Waals surface area contributed by atoms with Gasteiger partial charge in [-0.3, -0.25) is 9.59 Å². The Hall–Kier alpha value is -0.630. The summed E-state index contributed by atoms with van der Waals surface area (Å²) < 4.78 is 1.69. The van der Waals surface area contributed by atoms with Crippen LogP contribution in [0.1, 0.15) is 23.7 Å². The number of carbonyl (C=O) groups is 2. The molecule has 4 nitrogen and oxygen atoms in total. The summed E-state index contributed by atoms with van der Waals surface area (Å²) in [5.74, 6) is -1.05. The minimum absolute atomic E-state index is 0.0406. The topological polar surface area (TPSA) is 57.6 Å². The molecular weight excluding hydrogens is 413 g/mol. The van der Waals surface area contributed by atoms with E-state index >= 15 is 0 Å². The maximum Gasteiger partial charge on any atom is 0.305 e. The van der Waals surface area contributed by atoms with Crippen LogP contribution in [0.2, 0.25) is 0 Å². The summed E-state index contributed by atoms with van der Waals surface area (Å²) in [5.41, 5.74) is 0.564. The highest BCUT2D eigenvalue weighted by atomic mass is 127. The number of benzene rings is 1. The van der Waals surface area contributed by atoms with Crippen molar-refractivity contribution >= 4 is 50.4 Å². The number of nitrogens with zero attached hydrogens (tertiary/aromatic N) is 1. The molecule has 0 aromatic heterocycles. The lowest BCUT2D eigenvalue weighted by molar-refractivity contribution is -0.137. The zero-order chi connectivity index (χ0) is 13.7. The molecule has 0 aliphatic carbocycles. The van der Waals surface area contributed by atoms with E-state index in [0.717, 1.165) is 8.04 Å². The number of hydrogen-bond donors (Lipinski definition) is 1. The average molecular weight is 426 g/mol. The summed E-state index contributed by atoms with van der Waals surface area (Å²) in [4.78, 5) is 24.3. The van der Waals surface area contributed by atoms with Crippen LogP contribution in [-0.2, 0) is 4.79 Å². The van der Waals surface area contributed by atoms with E-state index < -0.39 is 5.97 Å². The first-order valence-corrected chi connectivity index (χ1v) is 7.29. The summed E-state index contributed by atoms with van der Waals surface area (Å²) in [7, 11) is 0. The Morgan fingerprint density at radius 3 is 2.67 bits per heavy atom. The molecule has 0 aliphatic heterocycles. The maximum atomic E-state index is 12.3. The van der Waals surface area contributed by atoms with Crippen molar-refractivity contribution in [1.82, 2.24) is 4.90 Å². The Balaban J connectivity index is 2.89. The van der Waals surface area contributed by atoms with Gasteiger partial charge in [0.2, 0.25) is 0 Å². The summed E-state index contributed by atoms with van der Waals surface area (Å²) in [6.45, 7) is 2.55. The standard InChI is InChI=1S/C12H13BrINO3/c1-2-15(6-5-11(16)17)12(18)9-7-8(14)3-4-10(9)13/h3-4,7H,2,5-6H2,1H3,(H,16,17). The van der Waals surface area contributed by atoms with Crippen molar-refractivity contribution in [1.29, 1.82) is 0 Å². The van der Waals surface area contributed by atoms with Crippen molar-refractivity contribution in [2.24, 2.45) is 0 Å². The van der Waals surface area contributed by atoms with Crippen LogP contribution in [0.25, 0.3) is 0 Å². The van der Waals surface area contributed by atoms with Gasteiger partial charge in [-0.2, -0.15) is 0 Å². The van der Waals surface area contributed by atoms with Gasteiger partial charge in [-0.1, -0.05) is 0 Å². The van der Waals surface area contributed by atoms with Crippen LogP contribution in [0.15, 0.2) is 22.7 Å². The highest BCUT2D eigenvalue weighted by Gasteiger charge is 2.17. The molecule has 0 saturated heterocycles. The third kappa shape index (κ3) is 4.24. The van der Waals surface area contributed by atoms with Gasteiger partial charge in [0.1, 0.15) is 0 Å². The Kier molecular flexibility index (Phi) is 6.07. The molecule has 1 N–H and O–H groups in total. The second-order valence-corrected chi connectivity index (χ2v) is 5.75. The van der Waals surface area contributed by atoms with E-state index in [-0.39, 0.29) is 18.9 Å². The zero-order valence-electron chi connectivity index (χ0n) is 9.82. The number of aliphatic carboxylic acids is 1. The Morgan fingerprint density at radius 2 is 2.11 bits per heavy atom. The van der Waals surface area contributed by atoms with E-state index in [9.17, 15) is 9.59 Å². The van der Waals surface area contributed by atoms with Crippen molar-refractivity contribution < 1.29 is 14.7 Å². The van der Waals surface area contributed by atoms with Gasteiger partial charge >= 0.3 is 5.97 Å². The molecule has 0 bridgehead atoms. The third-order valence-corrected chi connectivity index (χ3v) is 3.79. The normalized spacial score (nSPS) is 10.2. The SMILES string of the molecule is CCN(CCC(=O)O)C(=O)c1cc(I)ccc1Br. The third-order valence-electron chi connectivity index (χ3n) is 2.42. The predicted octanol–water partition coefficient (Wildman–Crippen LogP) is 2.99. The van der Waals surface area contributed by atoms with Crippen molar-refractivity contribution in [2.45, 2.75) is 13.3 Å². The van der Waals surface area contributed by atoms with E-state index in [0.29, 0.717) is 12.1 Å². The largest absolute Gasteiger partial charge is 0.481 e. The van der Waals surface area contributed by atoms with Crippen LogP contribution in [0.4, 0.5) is 0 Å². The van der Waals surface area contributed by atoms with E-state index in [1.807, 2.05) is 19.1 Å². The van der Waals surface area contributed by atoms with Crippen LogP contribution in [0, 0.1) is 3.57 Å². The predicted molar refractivity (Wildman–Crippen MR) is 80.7 cm³/mol. The van der Waals surface area contributed by atoms with Gasteiger partial charge < -0.3 is 10.0 Å². The molecule has 1 aromatic carbocycles. The number of halogens is 2. The van der Waals surface area contributed by atoms with Gasteiger partial charge in [0, 0.05) is 21.1 Å². The Morgan fingerprint density at radius 1 is 1.44 bits per heavy atom. The number of rotatable bonds is 5. The van der Waals surface area contributed by atoms with Gasteiger partial charge in [0.05, 0.1) is 12.0 Å². The molecule has 0 aliphatic rings. The summed E-state index contributed by atoms with van der Waals surface area (Å²) >= 11 is 5.48. The van der Waals surface area contributed by atoms with Crippen LogP contribution < -0.4 is 0 Å². The fourth-order valence-corrected chi connectivity index (χ4v) is 2.37. The molecule has 0 spiro atoms. The molecule has 0 radical (unpaired) electrons. The van der Waals surface area contributed by atoms with E-state index in [4.69, 9.17) is 5.11 Å². The lowest BCUT2D eigenvalue weighted by Gasteiger charge is -2.20. The number of carbonyl (C=O) groups excluding carboxylic acids is 1. The first-order valence-electron chi connectivity index (χ1n) is 5.41. The fourth-order valence-electron chi connectivity index (χ4n) is 1.47. The van der Waals surface area contributed by atoms with Gasteiger partial charge in [0.15, 0.2) is 0 Å². The number of carboxylic acid groups (broad SMARTS) is 1. The quantitative estimate of drug-likeness (QED) is 0.738. The molecular formula is C12H13BrINO3. The lowest BCUT2D eigenvalue weighted by Crippen LogP contribution is -2.33. The first-order chi connectivity index (χ1) is 8.45. The van der Waals surface area contributed by atoms with Gasteiger partial charge in [-0.15, -0.1) is 0 Å². The van der Waals surface area contributed by atoms with Crippen molar-refractivity contribution in [2.75, 3.05) is 13.1 Å². The second-order valence-electron chi connectivity index (χ2n) is 3.65. The highest BCUT2D eigenvalue weighted by Crippen LogP contribution is 2.21. The van der Waals surface area contributed by atoms with E-state index in [2.05, 4.69) is 38.5 Å². The monoisotopic (exact) mass is 425 g/mol. The molecule has 6 heteroatoms. The Bertz CT molecular complexity index is 465. The molecule has 1 amide bonds. The molecule has 0 saturated carbocycles. The molecule has 0 fully saturated rings. The molecule has 0 heterocycles.